The van der Waals surface area contributed by atoms with Gasteiger partial charge in [-0.05, 0) is 54.8 Å². The predicted octanol–water partition coefficient (Wildman–Crippen LogP) is 4.10. The van der Waals surface area contributed by atoms with Crippen LogP contribution >= 0.6 is 11.3 Å². The first kappa shape index (κ1) is 20.7. The Morgan fingerprint density at radius 3 is 2.55 bits per heavy atom. The lowest BCUT2D eigenvalue weighted by molar-refractivity contribution is 0.0953. The summed E-state index contributed by atoms with van der Waals surface area (Å²) >= 11 is 1.54. The fourth-order valence-electron chi connectivity index (χ4n) is 2.80. The van der Waals surface area contributed by atoms with Gasteiger partial charge in [0.1, 0.15) is 12.4 Å². The number of carbonyl (C=O) groups excluding carboxylic acids is 1. The number of hydrogen-bond acceptors (Lipinski definition) is 6. The fraction of sp³-hybridized carbons (Fsp3) is 0.273. The van der Waals surface area contributed by atoms with E-state index in [1.54, 1.807) is 44.0 Å². The standard InChI is InChI=1S/C22H24N2O4S/c1-26-20-10-5-16(12-21(20)27-2)4-3-11-23-22(25)17-6-8-19(9-7-17)28-13-18-14-29-15-24-18/h5-10,12,14-15H,3-4,11,13H2,1-2H3,(H,23,25). The van der Waals surface area contributed by atoms with Gasteiger partial charge in [0.05, 0.1) is 25.4 Å². The molecule has 0 saturated carbocycles. The smallest absolute Gasteiger partial charge is 0.251 e. The number of nitrogens with one attached hydrogen (secondary N) is 1. The Bertz CT molecular complexity index is 911. The molecule has 0 saturated heterocycles. The molecule has 6 nitrogen and oxygen atoms in total. The van der Waals surface area contributed by atoms with Crippen molar-refractivity contribution in [1.29, 1.82) is 0 Å². The van der Waals surface area contributed by atoms with Gasteiger partial charge < -0.3 is 19.5 Å². The molecule has 0 spiro atoms. The zero-order chi connectivity index (χ0) is 20.5. The summed E-state index contributed by atoms with van der Waals surface area (Å²) in [5.41, 5.74) is 4.42. The van der Waals surface area contributed by atoms with Gasteiger partial charge in [0.2, 0.25) is 0 Å². The van der Waals surface area contributed by atoms with Crippen LogP contribution in [0.1, 0.15) is 28.0 Å². The summed E-state index contributed by atoms with van der Waals surface area (Å²) in [6.45, 7) is 1.01. The number of benzene rings is 2. The molecule has 0 unspecified atom stereocenters. The molecule has 7 heteroatoms. The van der Waals surface area contributed by atoms with Crippen molar-refractivity contribution < 1.29 is 19.0 Å². The van der Waals surface area contributed by atoms with E-state index in [-0.39, 0.29) is 5.91 Å². The van der Waals surface area contributed by atoms with Crippen molar-refractivity contribution in [2.45, 2.75) is 19.4 Å². The lowest BCUT2D eigenvalue weighted by Gasteiger charge is -2.10. The highest BCUT2D eigenvalue weighted by atomic mass is 32.1. The average Bonchev–Trinajstić information content (AvgIpc) is 3.29. The SMILES string of the molecule is COc1ccc(CCCNC(=O)c2ccc(OCc3cscn3)cc2)cc1OC. The van der Waals surface area contributed by atoms with E-state index >= 15 is 0 Å². The van der Waals surface area contributed by atoms with Gasteiger partial charge in [-0.2, -0.15) is 0 Å². The van der Waals surface area contributed by atoms with Crippen molar-refractivity contribution in [2.24, 2.45) is 0 Å². The van der Waals surface area contributed by atoms with E-state index in [0.29, 0.717) is 36.0 Å². The van der Waals surface area contributed by atoms with Crippen molar-refractivity contribution in [3.8, 4) is 17.2 Å². The number of aryl methyl sites for hydroxylation is 1. The number of methoxy groups -OCH3 is 2. The Morgan fingerprint density at radius 2 is 1.86 bits per heavy atom. The molecule has 0 bridgehead atoms. The molecule has 29 heavy (non-hydrogen) atoms. The third-order valence-electron chi connectivity index (χ3n) is 4.36. The van der Waals surface area contributed by atoms with Crippen LogP contribution in [0.3, 0.4) is 0 Å². The molecule has 0 aliphatic carbocycles. The van der Waals surface area contributed by atoms with Gasteiger partial charge in [-0.15, -0.1) is 11.3 Å². The minimum Gasteiger partial charge on any atom is -0.493 e. The highest BCUT2D eigenvalue weighted by Crippen LogP contribution is 2.27. The maximum Gasteiger partial charge on any atom is 0.251 e. The summed E-state index contributed by atoms with van der Waals surface area (Å²) in [6.07, 6.45) is 1.67. The number of ether oxygens (including phenoxy) is 3. The first-order chi connectivity index (χ1) is 14.2. The van der Waals surface area contributed by atoms with E-state index in [2.05, 4.69) is 10.3 Å². The second-order valence-electron chi connectivity index (χ2n) is 6.34. The Morgan fingerprint density at radius 1 is 1.07 bits per heavy atom. The number of rotatable bonds is 10. The van der Waals surface area contributed by atoms with Crippen molar-refractivity contribution in [2.75, 3.05) is 20.8 Å². The van der Waals surface area contributed by atoms with Crippen LogP contribution in [0.5, 0.6) is 17.2 Å². The van der Waals surface area contributed by atoms with Crippen molar-refractivity contribution >= 4 is 17.2 Å². The molecule has 3 aromatic rings. The Labute approximate surface area is 174 Å². The highest BCUT2D eigenvalue weighted by molar-refractivity contribution is 7.07. The van der Waals surface area contributed by atoms with Gasteiger partial charge in [-0.1, -0.05) is 6.07 Å². The lowest BCUT2D eigenvalue weighted by atomic mass is 10.1. The molecule has 2 aromatic carbocycles. The number of nitrogens with zero attached hydrogens (tertiary/aromatic N) is 1. The quantitative estimate of drug-likeness (QED) is 0.508. The van der Waals surface area contributed by atoms with Crippen LogP contribution in [-0.4, -0.2) is 31.7 Å². The highest BCUT2D eigenvalue weighted by Gasteiger charge is 2.07. The third kappa shape index (κ3) is 5.96. The number of hydrogen-bond donors (Lipinski definition) is 1. The molecule has 1 N–H and O–H groups in total. The number of thiazole rings is 1. The first-order valence-corrected chi connectivity index (χ1v) is 10.2. The summed E-state index contributed by atoms with van der Waals surface area (Å²) in [5, 5.41) is 4.90. The normalized spacial score (nSPS) is 10.4. The first-order valence-electron chi connectivity index (χ1n) is 9.28. The predicted molar refractivity (Wildman–Crippen MR) is 113 cm³/mol. The van der Waals surface area contributed by atoms with E-state index in [9.17, 15) is 4.79 Å². The largest absolute Gasteiger partial charge is 0.493 e. The zero-order valence-electron chi connectivity index (χ0n) is 16.5. The monoisotopic (exact) mass is 412 g/mol. The molecule has 3 rings (SSSR count). The maximum absolute atomic E-state index is 12.3. The summed E-state index contributed by atoms with van der Waals surface area (Å²) < 4.78 is 16.2. The number of aromatic nitrogens is 1. The van der Waals surface area contributed by atoms with E-state index in [0.717, 1.165) is 24.1 Å². The van der Waals surface area contributed by atoms with E-state index in [4.69, 9.17) is 14.2 Å². The molecule has 1 aromatic heterocycles. The van der Waals surface area contributed by atoms with Crippen molar-refractivity contribution in [1.82, 2.24) is 10.3 Å². The molecule has 0 fully saturated rings. The van der Waals surface area contributed by atoms with Crippen molar-refractivity contribution in [3.05, 3.63) is 70.2 Å². The molecular weight excluding hydrogens is 388 g/mol. The average molecular weight is 413 g/mol. The van der Waals surface area contributed by atoms with Crippen LogP contribution in [0.25, 0.3) is 0 Å². The molecule has 0 aliphatic rings. The summed E-state index contributed by atoms with van der Waals surface area (Å²) in [4.78, 5) is 16.5. The maximum atomic E-state index is 12.3. The fourth-order valence-corrected chi connectivity index (χ4v) is 3.34. The summed E-state index contributed by atoms with van der Waals surface area (Å²) in [6, 6.07) is 13.0. The van der Waals surface area contributed by atoms with Crippen LogP contribution in [0.2, 0.25) is 0 Å². The van der Waals surface area contributed by atoms with Gasteiger partial charge in [0.15, 0.2) is 11.5 Å². The van der Waals surface area contributed by atoms with Crippen LogP contribution in [-0.2, 0) is 13.0 Å². The Balaban J connectivity index is 1.42. The summed E-state index contributed by atoms with van der Waals surface area (Å²) in [5.74, 6) is 2.04. The molecule has 1 amide bonds. The Kier molecular flexibility index (Phi) is 7.47. The second-order valence-corrected chi connectivity index (χ2v) is 7.06. The molecule has 0 aliphatic heterocycles. The van der Waals surface area contributed by atoms with Gasteiger partial charge in [0, 0.05) is 17.5 Å². The molecule has 0 atom stereocenters. The van der Waals surface area contributed by atoms with E-state index in [1.807, 2.05) is 23.6 Å². The molecule has 1 heterocycles. The number of amides is 1. The third-order valence-corrected chi connectivity index (χ3v) is 5.00. The summed E-state index contributed by atoms with van der Waals surface area (Å²) in [7, 11) is 3.24. The van der Waals surface area contributed by atoms with Crippen LogP contribution in [0.4, 0.5) is 0 Å². The van der Waals surface area contributed by atoms with Crippen LogP contribution < -0.4 is 19.5 Å². The minimum atomic E-state index is -0.0941. The second kappa shape index (κ2) is 10.5. The zero-order valence-corrected chi connectivity index (χ0v) is 17.3. The molecule has 152 valence electrons. The number of carbonyl (C=O) groups is 1. The van der Waals surface area contributed by atoms with Crippen molar-refractivity contribution in [3.63, 3.8) is 0 Å². The minimum absolute atomic E-state index is 0.0941. The Hall–Kier alpha value is -3.06. The van der Waals surface area contributed by atoms with Gasteiger partial charge in [-0.25, -0.2) is 4.98 Å². The van der Waals surface area contributed by atoms with E-state index < -0.39 is 0 Å². The molecule has 0 radical (unpaired) electrons. The van der Waals surface area contributed by atoms with Crippen LogP contribution in [0, 0.1) is 0 Å². The topological polar surface area (TPSA) is 69.7 Å². The van der Waals surface area contributed by atoms with Gasteiger partial charge in [-0.3, -0.25) is 4.79 Å². The van der Waals surface area contributed by atoms with Gasteiger partial charge >= 0.3 is 0 Å². The lowest BCUT2D eigenvalue weighted by Crippen LogP contribution is -2.24. The van der Waals surface area contributed by atoms with E-state index in [1.165, 1.54) is 11.3 Å². The molecular formula is C22H24N2O4S. The van der Waals surface area contributed by atoms with Gasteiger partial charge in [0.25, 0.3) is 5.91 Å². The van der Waals surface area contributed by atoms with Crippen LogP contribution in [0.15, 0.2) is 53.4 Å².